The van der Waals surface area contributed by atoms with Crippen LogP contribution in [0.4, 0.5) is 0 Å². The monoisotopic (exact) mass is 385 g/mol. The summed E-state index contributed by atoms with van der Waals surface area (Å²) in [6.45, 7) is 5.48. The van der Waals surface area contributed by atoms with E-state index in [1.54, 1.807) is 0 Å². The van der Waals surface area contributed by atoms with Crippen LogP contribution in [0.3, 0.4) is 0 Å². The smallest absolute Gasteiger partial charge is 0.193 e. The van der Waals surface area contributed by atoms with E-state index in [4.69, 9.17) is 9.47 Å². The molecule has 2 aliphatic heterocycles. The summed E-state index contributed by atoms with van der Waals surface area (Å²) in [4.78, 5) is 7.03. The number of hydrogen-bond donors (Lipinski definition) is 1. The molecule has 0 amide bonds. The van der Waals surface area contributed by atoms with Gasteiger partial charge in [-0.05, 0) is 48.6 Å². The summed E-state index contributed by atoms with van der Waals surface area (Å²) in [6, 6.07) is 8.72. The van der Waals surface area contributed by atoms with Crippen molar-refractivity contribution in [2.24, 2.45) is 16.8 Å². The van der Waals surface area contributed by atoms with Crippen LogP contribution in [0.25, 0.3) is 0 Å². The third-order valence-corrected chi connectivity index (χ3v) is 6.58. The molecule has 3 fully saturated rings. The molecule has 2 atom stereocenters. The lowest BCUT2D eigenvalue weighted by Crippen LogP contribution is -2.39. The predicted octanol–water partition coefficient (Wildman–Crippen LogP) is 3.58. The minimum atomic E-state index is 0.341. The van der Waals surface area contributed by atoms with Crippen LogP contribution in [0.5, 0.6) is 0 Å². The van der Waals surface area contributed by atoms with Crippen molar-refractivity contribution in [2.45, 2.75) is 57.8 Å². The van der Waals surface area contributed by atoms with E-state index in [0.717, 1.165) is 50.4 Å². The number of aliphatic imine (C=N–C) groups is 1. The second-order valence-electron chi connectivity index (χ2n) is 8.55. The van der Waals surface area contributed by atoms with E-state index in [1.165, 1.54) is 49.9 Å². The Morgan fingerprint density at radius 3 is 2.54 bits per heavy atom. The quantitative estimate of drug-likeness (QED) is 0.622. The van der Waals surface area contributed by atoms with Crippen molar-refractivity contribution >= 4 is 5.96 Å². The maximum absolute atomic E-state index is 6.07. The number of nitrogens with one attached hydrogen (secondary N) is 1. The van der Waals surface area contributed by atoms with Gasteiger partial charge in [0.2, 0.25) is 0 Å². The summed E-state index contributed by atoms with van der Waals surface area (Å²) in [5.74, 6) is 2.80. The van der Waals surface area contributed by atoms with Crippen molar-refractivity contribution in [3.05, 3.63) is 35.4 Å². The maximum atomic E-state index is 6.07. The molecule has 4 rings (SSSR count). The minimum absolute atomic E-state index is 0.341. The Kier molecular flexibility index (Phi) is 6.86. The minimum Gasteiger partial charge on any atom is -0.381 e. The zero-order valence-electron chi connectivity index (χ0n) is 17.2. The van der Waals surface area contributed by atoms with Gasteiger partial charge in [0.05, 0.1) is 12.7 Å². The summed E-state index contributed by atoms with van der Waals surface area (Å²) in [6.07, 6.45) is 7.96. The molecule has 1 saturated carbocycles. The second kappa shape index (κ2) is 9.75. The number of rotatable bonds is 5. The lowest BCUT2D eigenvalue weighted by Gasteiger charge is -2.23. The number of ether oxygens (including phenoxy) is 2. The molecular formula is C23H35N3O2. The van der Waals surface area contributed by atoms with E-state index in [1.807, 2.05) is 7.05 Å². The van der Waals surface area contributed by atoms with Crippen molar-refractivity contribution < 1.29 is 9.47 Å². The number of guanidine groups is 1. The van der Waals surface area contributed by atoms with Crippen molar-refractivity contribution in [1.29, 1.82) is 0 Å². The fourth-order valence-electron chi connectivity index (χ4n) is 4.98. The summed E-state index contributed by atoms with van der Waals surface area (Å²) in [7, 11) is 1.91. The first-order chi connectivity index (χ1) is 13.8. The predicted molar refractivity (Wildman–Crippen MR) is 112 cm³/mol. The van der Waals surface area contributed by atoms with Crippen molar-refractivity contribution in [3.63, 3.8) is 0 Å². The molecule has 1 aliphatic carbocycles. The summed E-state index contributed by atoms with van der Waals surface area (Å²) in [5.41, 5.74) is 2.53. The highest BCUT2D eigenvalue weighted by atomic mass is 16.5. The van der Waals surface area contributed by atoms with Crippen LogP contribution in [0, 0.1) is 11.8 Å². The Morgan fingerprint density at radius 1 is 1.11 bits per heavy atom. The largest absolute Gasteiger partial charge is 0.381 e. The normalized spacial score (nSPS) is 26.3. The summed E-state index contributed by atoms with van der Waals surface area (Å²) >= 11 is 0. The van der Waals surface area contributed by atoms with Gasteiger partial charge in [-0.1, -0.05) is 37.1 Å². The van der Waals surface area contributed by atoms with Crippen LogP contribution in [-0.4, -0.2) is 50.3 Å². The van der Waals surface area contributed by atoms with E-state index in [9.17, 15) is 0 Å². The van der Waals surface area contributed by atoms with Crippen molar-refractivity contribution in [1.82, 2.24) is 10.2 Å². The molecule has 2 saturated heterocycles. The van der Waals surface area contributed by atoms with Gasteiger partial charge in [0, 0.05) is 39.9 Å². The SMILES string of the molecule is CN=C(NCc1cccc(COC2CCOCC2)c1)N1CC2CCCCC2C1. The number of hydrogen-bond acceptors (Lipinski definition) is 3. The fourth-order valence-corrected chi connectivity index (χ4v) is 4.98. The van der Waals surface area contributed by atoms with Gasteiger partial charge in [-0.3, -0.25) is 4.99 Å². The first kappa shape index (κ1) is 19.7. The van der Waals surface area contributed by atoms with Gasteiger partial charge in [0.25, 0.3) is 0 Å². The Bertz CT molecular complexity index is 643. The van der Waals surface area contributed by atoms with Gasteiger partial charge in [-0.25, -0.2) is 0 Å². The standard InChI is InChI=1S/C23H35N3O2/c1-24-23(26-15-20-7-2-3-8-21(20)16-26)25-14-18-5-4-6-19(13-18)17-28-22-9-11-27-12-10-22/h4-6,13,20-22H,2-3,7-12,14-17H2,1H3,(H,24,25). The number of likely N-dealkylation sites (tertiary alicyclic amines) is 1. The Morgan fingerprint density at radius 2 is 1.82 bits per heavy atom. The van der Waals surface area contributed by atoms with Crippen LogP contribution < -0.4 is 5.32 Å². The first-order valence-corrected chi connectivity index (χ1v) is 11.0. The highest BCUT2D eigenvalue weighted by Gasteiger charge is 2.35. The first-order valence-electron chi connectivity index (χ1n) is 11.0. The molecule has 3 aliphatic rings. The Labute approximate surface area is 169 Å². The van der Waals surface area contributed by atoms with E-state index >= 15 is 0 Å². The van der Waals surface area contributed by atoms with Crippen LogP contribution in [-0.2, 0) is 22.6 Å². The molecule has 0 radical (unpaired) electrons. The Balaban J connectivity index is 1.27. The molecule has 1 aromatic rings. The molecule has 0 spiro atoms. The molecule has 5 nitrogen and oxygen atoms in total. The van der Waals surface area contributed by atoms with Crippen LogP contribution in [0.1, 0.15) is 49.7 Å². The molecule has 28 heavy (non-hydrogen) atoms. The molecule has 2 heterocycles. The van der Waals surface area contributed by atoms with Gasteiger partial charge >= 0.3 is 0 Å². The third-order valence-electron chi connectivity index (χ3n) is 6.58. The average Bonchev–Trinajstić information content (AvgIpc) is 3.18. The molecular weight excluding hydrogens is 350 g/mol. The van der Waals surface area contributed by atoms with Crippen LogP contribution in [0.2, 0.25) is 0 Å². The van der Waals surface area contributed by atoms with Gasteiger partial charge in [0.1, 0.15) is 0 Å². The van der Waals surface area contributed by atoms with E-state index < -0.39 is 0 Å². The van der Waals surface area contributed by atoms with E-state index in [-0.39, 0.29) is 0 Å². The van der Waals surface area contributed by atoms with Gasteiger partial charge < -0.3 is 19.7 Å². The van der Waals surface area contributed by atoms with Crippen molar-refractivity contribution in [2.75, 3.05) is 33.4 Å². The molecule has 2 unspecified atom stereocenters. The number of nitrogens with zero attached hydrogens (tertiary/aromatic N) is 2. The lowest BCUT2D eigenvalue weighted by atomic mass is 9.82. The molecule has 0 bridgehead atoms. The Hall–Kier alpha value is -1.59. The number of fused-ring (bicyclic) bond motifs is 1. The topological polar surface area (TPSA) is 46.1 Å². The highest BCUT2D eigenvalue weighted by molar-refractivity contribution is 5.80. The zero-order chi connectivity index (χ0) is 19.2. The maximum Gasteiger partial charge on any atom is 0.193 e. The van der Waals surface area contributed by atoms with E-state index in [2.05, 4.69) is 39.5 Å². The third kappa shape index (κ3) is 5.06. The summed E-state index contributed by atoms with van der Waals surface area (Å²) in [5, 5.41) is 3.59. The number of benzene rings is 1. The van der Waals surface area contributed by atoms with Crippen LogP contribution in [0.15, 0.2) is 29.3 Å². The average molecular weight is 386 g/mol. The van der Waals surface area contributed by atoms with Gasteiger partial charge in [-0.15, -0.1) is 0 Å². The zero-order valence-corrected chi connectivity index (χ0v) is 17.2. The lowest BCUT2D eigenvalue weighted by molar-refractivity contribution is -0.0390. The van der Waals surface area contributed by atoms with Crippen LogP contribution >= 0.6 is 0 Å². The molecule has 5 heteroatoms. The highest BCUT2D eigenvalue weighted by Crippen LogP contribution is 2.35. The van der Waals surface area contributed by atoms with Gasteiger partial charge in [-0.2, -0.15) is 0 Å². The molecule has 1 N–H and O–H groups in total. The molecule has 154 valence electrons. The van der Waals surface area contributed by atoms with Gasteiger partial charge in [0.15, 0.2) is 5.96 Å². The van der Waals surface area contributed by atoms with Crippen molar-refractivity contribution in [3.8, 4) is 0 Å². The molecule has 0 aromatic heterocycles. The van der Waals surface area contributed by atoms with E-state index in [0.29, 0.717) is 12.7 Å². The second-order valence-corrected chi connectivity index (χ2v) is 8.55. The summed E-state index contributed by atoms with van der Waals surface area (Å²) < 4.78 is 11.5. The molecule has 1 aromatic carbocycles. The fraction of sp³-hybridized carbons (Fsp3) is 0.696.